The van der Waals surface area contributed by atoms with E-state index in [-0.39, 0.29) is 12.5 Å². The van der Waals surface area contributed by atoms with Crippen LogP contribution in [0, 0.1) is 6.57 Å². The maximum atomic E-state index is 10.3. The molecule has 0 N–H and O–H groups in total. The lowest BCUT2D eigenvalue weighted by Gasteiger charge is -1.97. The summed E-state index contributed by atoms with van der Waals surface area (Å²) in [5.41, 5.74) is 0. The molecule has 0 aliphatic carbocycles. The molecule has 8 heavy (non-hydrogen) atoms. The summed E-state index contributed by atoms with van der Waals surface area (Å²) in [5, 5.41) is 0. The molecule has 3 heteroatoms. The van der Waals surface area contributed by atoms with Gasteiger partial charge in [0, 0.05) is 4.85 Å². The highest BCUT2D eigenvalue weighted by Gasteiger charge is 2.09. The standard InChI is InChI=1S/C5H9N2O/c1-6-5(8)4-7(2)3/h1H,4H2,2-3H3/q+1. The zero-order chi connectivity index (χ0) is 6.57. The summed E-state index contributed by atoms with van der Waals surface area (Å²) in [5.74, 6) is -0.296. The average Bonchev–Trinajstić information content (AvgIpc) is 1.65. The lowest BCUT2D eigenvalue weighted by atomic mass is 10.6. The molecule has 0 aromatic rings. The number of rotatable bonds is 2. The summed E-state index contributed by atoms with van der Waals surface area (Å²) in [6, 6.07) is 0. The van der Waals surface area contributed by atoms with Crippen LogP contribution in [0.3, 0.4) is 0 Å². The summed E-state index contributed by atoms with van der Waals surface area (Å²) < 4.78 is 0. The second kappa shape index (κ2) is 3.16. The Balaban J connectivity index is 3.44. The summed E-state index contributed by atoms with van der Waals surface area (Å²) >= 11 is 0. The van der Waals surface area contributed by atoms with Gasteiger partial charge in [0.05, 0.1) is 0 Å². The van der Waals surface area contributed by atoms with Crippen LogP contribution in [0.15, 0.2) is 0 Å². The third-order valence-corrected chi connectivity index (χ3v) is 0.595. The minimum absolute atomic E-state index is 0.288. The van der Waals surface area contributed by atoms with Gasteiger partial charge in [-0.15, -0.1) is 0 Å². The molecule has 3 nitrogen and oxygen atoms in total. The molecule has 1 amide bonds. The Kier molecular flexibility index (Phi) is 2.82. The minimum Gasteiger partial charge on any atom is -0.296 e. The quantitative estimate of drug-likeness (QED) is 0.505. The van der Waals surface area contributed by atoms with Crippen molar-refractivity contribution in [3.05, 3.63) is 4.85 Å². The maximum Gasteiger partial charge on any atom is 0.528 e. The van der Waals surface area contributed by atoms with Crippen LogP contribution < -0.4 is 0 Å². The van der Waals surface area contributed by atoms with E-state index in [1.807, 2.05) is 0 Å². The number of amides is 1. The van der Waals surface area contributed by atoms with Gasteiger partial charge in [-0.05, 0) is 14.1 Å². The van der Waals surface area contributed by atoms with Crippen LogP contribution in [0.4, 0.5) is 0 Å². The Bertz CT molecular complexity index is 123. The first-order valence-electron chi connectivity index (χ1n) is 2.25. The van der Waals surface area contributed by atoms with Crippen molar-refractivity contribution in [3.63, 3.8) is 0 Å². The van der Waals surface area contributed by atoms with Gasteiger partial charge < -0.3 is 0 Å². The van der Waals surface area contributed by atoms with E-state index in [1.165, 1.54) is 0 Å². The predicted octanol–water partition coefficient (Wildman–Crippen LogP) is 0.0373. The fourth-order valence-corrected chi connectivity index (χ4v) is 0.311. The molecule has 0 rings (SSSR count). The Morgan fingerprint density at radius 3 is 2.38 bits per heavy atom. The molecule has 0 bridgehead atoms. The highest BCUT2D eigenvalue weighted by Crippen LogP contribution is 1.76. The van der Waals surface area contributed by atoms with Gasteiger partial charge in [0.1, 0.15) is 6.54 Å². The zero-order valence-corrected chi connectivity index (χ0v) is 5.09. The van der Waals surface area contributed by atoms with E-state index in [0.29, 0.717) is 0 Å². The largest absolute Gasteiger partial charge is 0.528 e. The Labute approximate surface area is 48.7 Å². The van der Waals surface area contributed by atoms with Gasteiger partial charge in [-0.3, -0.25) is 4.90 Å². The Hall–Kier alpha value is -0.880. The van der Waals surface area contributed by atoms with Crippen molar-refractivity contribution >= 4 is 5.91 Å². The van der Waals surface area contributed by atoms with E-state index in [4.69, 9.17) is 0 Å². The number of carbonyl (C=O) groups is 1. The fraction of sp³-hybridized carbons (Fsp3) is 0.600. The van der Waals surface area contributed by atoms with Gasteiger partial charge in [0.15, 0.2) is 0 Å². The van der Waals surface area contributed by atoms with Gasteiger partial charge in [-0.2, -0.15) is 4.79 Å². The second-order valence-electron chi connectivity index (χ2n) is 1.76. The van der Waals surface area contributed by atoms with Crippen molar-refractivity contribution in [1.82, 2.24) is 4.90 Å². The predicted molar refractivity (Wildman–Crippen MR) is 31.9 cm³/mol. The SMILES string of the molecule is C#[N+]C(=O)CN(C)C. The number of nitrogens with zero attached hydrogens (tertiary/aromatic N) is 2. The van der Waals surface area contributed by atoms with Crippen molar-refractivity contribution in [1.29, 1.82) is 0 Å². The lowest BCUT2D eigenvalue weighted by molar-refractivity contribution is -0.115. The van der Waals surface area contributed by atoms with Gasteiger partial charge in [0.2, 0.25) is 0 Å². The third-order valence-electron chi connectivity index (χ3n) is 0.595. The summed E-state index contributed by atoms with van der Waals surface area (Å²) in [4.78, 5) is 14.9. The van der Waals surface area contributed by atoms with Gasteiger partial charge in [0.25, 0.3) is 6.57 Å². The van der Waals surface area contributed by atoms with Crippen molar-refractivity contribution in [2.24, 2.45) is 0 Å². The summed E-state index contributed by atoms with van der Waals surface area (Å²) in [7, 11) is 3.56. The molecular weight excluding hydrogens is 104 g/mol. The number of likely N-dealkylation sites (N-methyl/N-ethyl adjacent to an activating group) is 1. The fourth-order valence-electron chi connectivity index (χ4n) is 0.311. The van der Waals surface area contributed by atoms with E-state index in [2.05, 4.69) is 11.4 Å². The Morgan fingerprint density at radius 2 is 2.25 bits per heavy atom. The van der Waals surface area contributed by atoms with Crippen molar-refractivity contribution in [2.75, 3.05) is 20.6 Å². The summed E-state index contributed by atoms with van der Waals surface area (Å²) in [6.45, 7) is 4.96. The second-order valence-corrected chi connectivity index (χ2v) is 1.76. The van der Waals surface area contributed by atoms with E-state index < -0.39 is 0 Å². The molecule has 0 aliphatic heterocycles. The van der Waals surface area contributed by atoms with Crippen LogP contribution in [0.5, 0.6) is 0 Å². The molecule has 0 fully saturated rings. The van der Waals surface area contributed by atoms with Crippen LogP contribution in [0.25, 0.3) is 4.85 Å². The van der Waals surface area contributed by atoms with Crippen molar-refractivity contribution < 1.29 is 4.79 Å². The molecule has 0 saturated heterocycles. The van der Waals surface area contributed by atoms with Crippen LogP contribution in [0.1, 0.15) is 0 Å². The molecule has 0 aromatic heterocycles. The highest BCUT2D eigenvalue weighted by molar-refractivity contribution is 5.87. The number of hydrogen-bond acceptors (Lipinski definition) is 2. The molecule has 0 spiro atoms. The van der Waals surface area contributed by atoms with Crippen LogP contribution >= 0.6 is 0 Å². The molecule has 0 aliphatic rings. The van der Waals surface area contributed by atoms with Crippen molar-refractivity contribution in [3.8, 4) is 6.57 Å². The van der Waals surface area contributed by atoms with E-state index in [1.54, 1.807) is 19.0 Å². The highest BCUT2D eigenvalue weighted by atomic mass is 16.1. The van der Waals surface area contributed by atoms with Gasteiger partial charge in [-0.1, -0.05) is 0 Å². The monoisotopic (exact) mass is 113 g/mol. The minimum atomic E-state index is -0.296. The van der Waals surface area contributed by atoms with Crippen LogP contribution in [-0.4, -0.2) is 31.4 Å². The molecule has 0 unspecified atom stereocenters. The van der Waals surface area contributed by atoms with Crippen LogP contribution in [0.2, 0.25) is 0 Å². The molecule has 0 atom stereocenters. The molecule has 44 valence electrons. The van der Waals surface area contributed by atoms with Gasteiger partial charge in [-0.25, -0.2) is 0 Å². The number of carbonyl (C=O) groups excluding carboxylic acids is 1. The normalized spacial score (nSPS) is 8.75. The first kappa shape index (κ1) is 7.12. The zero-order valence-electron chi connectivity index (χ0n) is 5.09. The number of hydrogen-bond donors (Lipinski definition) is 0. The van der Waals surface area contributed by atoms with Gasteiger partial charge >= 0.3 is 5.91 Å². The lowest BCUT2D eigenvalue weighted by Crippen LogP contribution is -2.18. The first-order valence-corrected chi connectivity index (χ1v) is 2.25. The average molecular weight is 113 g/mol. The first-order chi connectivity index (χ1) is 3.66. The third kappa shape index (κ3) is 3.32. The summed E-state index contributed by atoms with van der Waals surface area (Å²) in [6.07, 6.45) is 0. The topological polar surface area (TPSA) is 24.7 Å². The molecule has 0 aromatic carbocycles. The van der Waals surface area contributed by atoms with Crippen LogP contribution in [-0.2, 0) is 4.79 Å². The molecular formula is C5H9N2O+. The molecule has 0 saturated carbocycles. The molecule has 0 heterocycles. The van der Waals surface area contributed by atoms with E-state index >= 15 is 0 Å². The van der Waals surface area contributed by atoms with Crippen molar-refractivity contribution in [2.45, 2.75) is 0 Å². The Morgan fingerprint density at radius 1 is 1.75 bits per heavy atom. The maximum absolute atomic E-state index is 10.3. The smallest absolute Gasteiger partial charge is 0.296 e. The van der Waals surface area contributed by atoms with E-state index in [9.17, 15) is 4.79 Å². The molecule has 0 radical (unpaired) electrons. The van der Waals surface area contributed by atoms with E-state index in [0.717, 1.165) is 0 Å².